The molecule has 2 aromatic rings. The monoisotopic (exact) mass is 379 g/mol. The lowest BCUT2D eigenvalue weighted by Gasteiger charge is -2.26. The average Bonchev–Trinajstić information content (AvgIpc) is 2.65. The van der Waals surface area contributed by atoms with Gasteiger partial charge in [-0.05, 0) is 29.7 Å². The number of aromatic nitrogens is 2. The fourth-order valence-electron chi connectivity index (χ4n) is 2.70. The van der Waals surface area contributed by atoms with Gasteiger partial charge in [-0.15, -0.1) is 0 Å². The Bertz CT molecular complexity index is 947. The minimum absolute atomic E-state index is 0.159. The molecule has 3 rings (SSSR count). The van der Waals surface area contributed by atoms with E-state index >= 15 is 0 Å². The van der Waals surface area contributed by atoms with Gasteiger partial charge in [-0.2, -0.15) is 0 Å². The van der Waals surface area contributed by atoms with E-state index in [0.717, 1.165) is 10.5 Å². The number of imide groups is 2. The van der Waals surface area contributed by atoms with Crippen molar-refractivity contribution in [3.05, 3.63) is 53.4 Å². The molecule has 0 atom stereocenters. The van der Waals surface area contributed by atoms with Crippen molar-refractivity contribution in [1.29, 1.82) is 0 Å². The van der Waals surface area contributed by atoms with E-state index in [1.54, 1.807) is 31.1 Å². The van der Waals surface area contributed by atoms with Crippen LogP contribution in [0.15, 0.2) is 42.2 Å². The Kier molecular flexibility index (Phi) is 5.21. The molecule has 1 fully saturated rings. The Labute approximate surface area is 162 Å². The number of rotatable bonds is 4. The first-order valence-corrected chi connectivity index (χ1v) is 8.78. The Morgan fingerprint density at radius 3 is 2.18 bits per heavy atom. The first-order valence-electron chi connectivity index (χ1n) is 8.78. The predicted molar refractivity (Wildman–Crippen MR) is 106 cm³/mol. The van der Waals surface area contributed by atoms with Crippen LogP contribution in [0.25, 0.3) is 6.08 Å². The van der Waals surface area contributed by atoms with E-state index in [-0.39, 0.29) is 5.57 Å². The van der Waals surface area contributed by atoms with Crippen LogP contribution < -0.4 is 15.1 Å². The number of carbonyl (C=O) groups is 3. The largest absolute Gasteiger partial charge is 0.347 e. The van der Waals surface area contributed by atoms with Crippen molar-refractivity contribution in [2.45, 2.75) is 19.8 Å². The zero-order valence-corrected chi connectivity index (χ0v) is 16.1. The zero-order chi connectivity index (χ0) is 20.4. The summed E-state index contributed by atoms with van der Waals surface area (Å²) in [4.78, 5) is 48.4. The molecule has 1 aromatic heterocycles. The van der Waals surface area contributed by atoms with Gasteiger partial charge in [0.05, 0.1) is 5.69 Å². The van der Waals surface area contributed by atoms with Crippen molar-refractivity contribution in [3.63, 3.8) is 0 Å². The maximum absolute atomic E-state index is 12.9. The number of anilines is 2. The Hall–Kier alpha value is -3.55. The van der Waals surface area contributed by atoms with Crippen LogP contribution in [-0.2, 0) is 9.59 Å². The van der Waals surface area contributed by atoms with Crippen LogP contribution in [-0.4, -0.2) is 41.9 Å². The number of nitrogens with one attached hydrogen (secondary N) is 1. The number of carbonyl (C=O) groups excluding carboxylic acids is 3. The summed E-state index contributed by atoms with van der Waals surface area (Å²) in [6, 6.07) is 6.32. The van der Waals surface area contributed by atoms with Crippen LogP contribution in [0.4, 0.5) is 16.4 Å². The molecule has 1 N–H and O–H groups in total. The number of urea groups is 1. The zero-order valence-electron chi connectivity index (χ0n) is 16.1. The number of hydrogen-bond donors (Lipinski definition) is 1. The fourth-order valence-corrected chi connectivity index (χ4v) is 2.70. The summed E-state index contributed by atoms with van der Waals surface area (Å²) in [6.45, 7) is 4.10. The van der Waals surface area contributed by atoms with Crippen LogP contribution in [0.1, 0.15) is 30.9 Å². The second-order valence-electron chi connectivity index (χ2n) is 6.91. The van der Waals surface area contributed by atoms with Crippen molar-refractivity contribution >= 4 is 35.6 Å². The molecular weight excluding hydrogens is 358 g/mol. The first kappa shape index (κ1) is 19.2. The summed E-state index contributed by atoms with van der Waals surface area (Å²) in [5.41, 5.74) is 1.80. The van der Waals surface area contributed by atoms with Gasteiger partial charge in [-0.1, -0.05) is 26.0 Å². The first-order chi connectivity index (χ1) is 13.3. The van der Waals surface area contributed by atoms with Gasteiger partial charge in [0.25, 0.3) is 11.8 Å². The Morgan fingerprint density at radius 1 is 1.04 bits per heavy atom. The molecule has 28 heavy (non-hydrogen) atoms. The number of nitrogens with zero attached hydrogens (tertiary/aromatic N) is 4. The number of barbiturate groups is 1. The summed E-state index contributed by atoms with van der Waals surface area (Å²) in [6.07, 6.45) is 4.39. The van der Waals surface area contributed by atoms with Gasteiger partial charge in [-0.3, -0.25) is 14.9 Å². The second-order valence-corrected chi connectivity index (χ2v) is 6.91. The van der Waals surface area contributed by atoms with E-state index in [0.29, 0.717) is 23.1 Å². The van der Waals surface area contributed by atoms with Gasteiger partial charge in [0.1, 0.15) is 5.57 Å². The second kappa shape index (κ2) is 7.59. The summed E-state index contributed by atoms with van der Waals surface area (Å²) >= 11 is 0. The Morgan fingerprint density at radius 2 is 1.64 bits per heavy atom. The van der Waals surface area contributed by atoms with Crippen molar-refractivity contribution in [2.24, 2.45) is 0 Å². The predicted octanol–water partition coefficient (Wildman–Crippen LogP) is 2.33. The van der Waals surface area contributed by atoms with Crippen molar-refractivity contribution < 1.29 is 14.4 Å². The summed E-state index contributed by atoms with van der Waals surface area (Å²) in [7, 11) is 3.61. The van der Waals surface area contributed by atoms with E-state index in [2.05, 4.69) is 29.1 Å². The highest BCUT2D eigenvalue weighted by Gasteiger charge is 2.36. The summed E-state index contributed by atoms with van der Waals surface area (Å²) < 4.78 is 0. The van der Waals surface area contributed by atoms with Crippen molar-refractivity contribution in [2.75, 3.05) is 23.9 Å². The third-order valence-corrected chi connectivity index (χ3v) is 4.29. The molecule has 2 heterocycles. The third-order valence-electron chi connectivity index (χ3n) is 4.29. The molecule has 1 aliphatic rings. The van der Waals surface area contributed by atoms with Gasteiger partial charge < -0.3 is 4.90 Å². The lowest BCUT2D eigenvalue weighted by molar-refractivity contribution is -0.122. The molecule has 0 aliphatic carbocycles. The van der Waals surface area contributed by atoms with Crippen LogP contribution in [0.2, 0.25) is 0 Å². The number of amides is 4. The van der Waals surface area contributed by atoms with E-state index in [4.69, 9.17) is 0 Å². The average molecular weight is 379 g/mol. The van der Waals surface area contributed by atoms with Gasteiger partial charge in [-0.25, -0.2) is 19.7 Å². The summed E-state index contributed by atoms with van der Waals surface area (Å²) in [5.74, 6) is -0.616. The molecule has 1 aromatic carbocycles. The molecule has 1 saturated heterocycles. The van der Waals surface area contributed by atoms with Gasteiger partial charge in [0.2, 0.25) is 5.95 Å². The maximum Gasteiger partial charge on any atom is 0.335 e. The molecule has 1 aliphatic heterocycles. The normalized spacial score (nSPS) is 16.0. The Balaban J connectivity index is 1.93. The van der Waals surface area contributed by atoms with Crippen LogP contribution >= 0.6 is 0 Å². The molecule has 8 nitrogen and oxygen atoms in total. The minimum atomic E-state index is -0.774. The van der Waals surface area contributed by atoms with Crippen LogP contribution in [0.3, 0.4) is 0 Å². The van der Waals surface area contributed by atoms with Gasteiger partial charge in [0, 0.05) is 32.1 Å². The fraction of sp³-hybridized carbons (Fsp3) is 0.250. The summed E-state index contributed by atoms with van der Waals surface area (Å²) in [5, 5.41) is 2.21. The molecule has 0 saturated carbocycles. The molecule has 144 valence electrons. The third kappa shape index (κ3) is 3.75. The number of hydrogen-bond acceptors (Lipinski definition) is 6. The quantitative estimate of drug-likeness (QED) is 0.647. The SMILES string of the molecule is CC(C)c1ccc(N2C(=O)NC(=O)/C(=C\c3cnc(N(C)C)nc3)C2=O)cc1. The number of benzene rings is 1. The molecule has 4 amide bonds. The van der Waals surface area contributed by atoms with E-state index < -0.39 is 17.8 Å². The molecule has 0 radical (unpaired) electrons. The lowest BCUT2D eigenvalue weighted by Crippen LogP contribution is -2.54. The highest BCUT2D eigenvalue weighted by molar-refractivity contribution is 6.39. The highest BCUT2D eigenvalue weighted by Crippen LogP contribution is 2.24. The minimum Gasteiger partial charge on any atom is -0.347 e. The highest BCUT2D eigenvalue weighted by atomic mass is 16.2. The van der Waals surface area contributed by atoms with E-state index in [9.17, 15) is 14.4 Å². The molecule has 0 spiro atoms. The van der Waals surface area contributed by atoms with E-state index in [1.807, 2.05) is 12.1 Å². The van der Waals surface area contributed by atoms with E-state index in [1.165, 1.54) is 18.5 Å². The van der Waals surface area contributed by atoms with Crippen molar-refractivity contribution in [1.82, 2.24) is 15.3 Å². The smallest absolute Gasteiger partial charge is 0.335 e. The lowest BCUT2D eigenvalue weighted by atomic mass is 10.0. The van der Waals surface area contributed by atoms with Crippen LogP contribution in [0, 0.1) is 0 Å². The molecule has 0 unspecified atom stereocenters. The molecule has 8 heteroatoms. The van der Waals surface area contributed by atoms with Crippen LogP contribution in [0.5, 0.6) is 0 Å². The van der Waals surface area contributed by atoms with Gasteiger partial charge in [0.15, 0.2) is 0 Å². The van der Waals surface area contributed by atoms with Gasteiger partial charge >= 0.3 is 6.03 Å². The van der Waals surface area contributed by atoms with Crippen molar-refractivity contribution in [3.8, 4) is 0 Å². The molecule has 0 bridgehead atoms. The topological polar surface area (TPSA) is 95.5 Å². The molecular formula is C20H21N5O3. The standard InChI is InChI=1S/C20H21N5O3/c1-12(2)14-5-7-15(8-6-14)25-18(27)16(17(26)23-20(25)28)9-13-10-21-19(22-11-13)24(3)4/h5-12H,1-4H3,(H,23,26,28)/b16-9+. The maximum atomic E-state index is 12.9.